The van der Waals surface area contributed by atoms with E-state index in [9.17, 15) is 0 Å². The predicted octanol–water partition coefficient (Wildman–Crippen LogP) is -1.24. The molecule has 1 aliphatic rings. The van der Waals surface area contributed by atoms with Crippen molar-refractivity contribution in [2.24, 2.45) is 11.7 Å². The first-order chi connectivity index (χ1) is 9.31. The van der Waals surface area contributed by atoms with Gasteiger partial charge in [0.2, 0.25) is 11.9 Å². The highest BCUT2D eigenvalue weighted by molar-refractivity contribution is 5.86. The van der Waals surface area contributed by atoms with Crippen molar-refractivity contribution in [2.75, 3.05) is 42.1 Å². The molecule has 1 saturated heterocycles. The van der Waals surface area contributed by atoms with Gasteiger partial charge in [0.1, 0.15) is 5.52 Å². The molecule has 0 amide bonds. The van der Waals surface area contributed by atoms with Crippen LogP contribution in [0.2, 0.25) is 0 Å². The Morgan fingerprint density at radius 1 is 1.11 bits per heavy atom. The number of ether oxygens (including phenoxy) is 1. The number of nitrogen functional groups attached to an aromatic ring is 2. The number of rotatable bonds is 3. The number of nitrogens with zero attached hydrogens (tertiary/aromatic N) is 4. The van der Waals surface area contributed by atoms with E-state index in [-0.39, 0.29) is 0 Å². The molecule has 102 valence electrons. The lowest BCUT2D eigenvalue weighted by Gasteiger charge is -2.28. The summed E-state index contributed by atoms with van der Waals surface area (Å²) in [6.45, 7) is 2.82. The number of aromatic amines is 1. The number of nitrogens with two attached hydrogens (primary N) is 2. The third-order valence-corrected chi connectivity index (χ3v) is 2.91. The second-order valence-corrected chi connectivity index (χ2v) is 4.04. The van der Waals surface area contributed by atoms with Crippen molar-refractivity contribution in [1.82, 2.24) is 19.9 Å². The zero-order valence-corrected chi connectivity index (χ0v) is 10.2. The Balaban J connectivity index is 2.11. The number of H-pyrrole nitrogens is 1. The maximum absolute atomic E-state index is 5.38. The zero-order chi connectivity index (χ0) is 13.2. The summed E-state index contributed by atoms with van der Waals surface area (Å²) < 4.78 is 5.33. The third-order valence-electron chi connectivity index (χ3n) is 2.91. The minimum Gasteiger partial charge on any atom is -0.378 e. The number of morpholine rings is 1. The topological polar surface area (TPSA) is 143 Å². The van der Waals surface area contributed by atoms with E-state index in [0.717, 1.165) is 18.9 Å². The zero-order valence-electron chi connectivity index (χ0n) is 10.2. The molecule has 0 radical (unpaired) electrons. The number of nitrogens with one attached hydrogen (secondary N) is 3. The summed E-state index contributed by atoms with van der Waals surface area (Å²) in [5.74, 6) is 12.2. The van der Waals surface area contributed by atoms with Crippen molar-refractivity contribution >= 4 is 28.9 Å². The van der Waals surface area contributed by atoms with Crippen LogP contribution in [0.1, 0.15) is 0 Å². The number of imidazole rings is 1. The summed E-state index contributed by atoms with van der Waals surface area (Å²) in [6.07, 6.45) is 0. The summed E-state index contributed by atoms with van der Waals surface area (Å²) >= 11 is 0. The van der Waals surface area contributed by atoms with Crippen molar-refractivity contribution in [1.29, 1.82) is 0 Å². The molecule has 19 heavy (non-hydrogen) atoms. The molecule has 1 aliphatic heterocycles. The maximum Gasteiger partial charge on any atom is 0.241 e. The van der Waals surface area contributed by atoms with Crippen molar-refractivity contribution in [3.8, 4) is 0 Å². The van der Waals surface area contributed by atoms with Gasteiger partial charge >= 0.3 is 0 Å². The number of hydrogen-bond acceptors (Lipinski definition) is 9. The summed E-state index contributed by atoms with van der Waals surface area (Å²) in [5, 5.41) is 0. The molecule has 0 bridgehead atoms. The lowest BCUT2D eigenvalue weighted by atomic mass is 10.4. The van der Waals surface area contributed by atoms with Crippen LogP contribution >= 0.6 is 0 Å². The highest BCUT2D eigenvalue weighted by Gasteiger charge is 2.19. The molecular formula is C9H15N9O. The molecule has 10 heteroatoms. The minimum atomic E-state index is 0.309. The van der Waals surface area contributed by atoms with Gasteiger partial charge in [0.05, 0.1) is 13.2 Å². The fourth-order valence-corrected chi connectivity index (χ4v) is 2.02. The molecule has 0 aliphatic carbocycles. The fourth-order valence-electron chi connectivity index (χ4n) is 2.02. The van der Waals surface area contributed by atoms with Gasteiger partial charge in [-0.3, -0.25) is 10.9 Å². The van der Waals surface area contributed by atoms with Crippen LogP contribution in [0.5, 0.6) is 0 Å². The molecule has 2 aromatic rings. The van der Waals surface area contributed by atoms with Crippen molar-refractivity contribution in [2.45, 2.75) is 0 Å². The van der Waals surface area contributed by atoms with Crippen LogP contribution < -0.4 is 27.4 Å². The van der Waals surface area contributed by atoms with Crippen LogP contribution in [-0.2, 0) is 4.74 Å². The van der Waals surface area contributed by atoms with Crippen LogP contribution in [-0.4, -0.2) is 46.2 Å². The molecule has 0 spiro atoms. The lowest BCUT2D eigenvalue weighted by Crippen LogP contribution is -2.37. The summed E-state index contributed by atoms with van der Waals surface area (Å²) in [6, 6.07) is 0. The van der Waals surface area contributed by atoms with Crippen LogP contribution in [0.4, 0.5) is 17.7 Å². The van der Waals surface area contributed by atoms with Gasteiger partial charge in [-0.2, -0.15) is 15.0 Å². The summed E-state index contributed by atoms with van der Waals surface area (Å²) in [5.41, 5.74) is 6.11. The van der Waals surface area contributed by atoms with E-state index < -0.39 is 0 Å². The van der Waals surface area contributed by atoms with Gasteiger partial charge in [-0.15, -0.1) is 0 Å². The van der Waals surface area contributed by atoms with Crippen LogP contribution in [0, 0.1) is 0 Å². The van der Waals surface area contributed by atoms with Gasteiger partial charge in [0, 0.05) is 13.1 Å². The fraction of sp³-hybridized carbons (Fsp3) is 0.444. The first-order valence-corrected chi connectivity index (χ1v) is 5.85. The molecule has 2 aromatic heterocycles. The Hall–Kier alpha value is -2.17. The van der Waals surface area contributed by atoms with Crippen molar-refractivity contribution in [3.63, 3.8) is 0 Å². The van der Waals surface area contributed by atoms with Gasteiger partial charge in [-0.1, -0.05) is 0 Å². The molecule has 0 aromatic carbocycles. The quantitative estimate of drug-likeness (QED) is 0.340. The van der Waals surface area contributed by atoms with E-state index in [1.54, 1.807) is 0 Å². The van der Waals surface area contributed by atoms with Crippen LogP contribution in [0.25, 0.3) is 11.2 Å². The van der Waals surface area contributed by atoms with E-state index in [2.05, 4.69) is 35.7 Å². The monoisotopic (exact) mass is 265 g/mol. The number of hydrogen-bond donors (Lipinski definition) is 5. The minimum absolute atomic E-state index is 0.309. The average Bonchev–Trinajstić information content (AvgIpc) is 2.90. The van der Waals surface area contributed by atoms with Gasteiger partial charge in [-0.05, 0) is 0 Å². The molecule has 3 heterocycles. The molecular weight excluding hydrogens is 250 g/mol. The second kappa shape index (κ2) is 4.84. The Labute approximate surface area is 108 Å². The van der Waals surface area contributed by atoms with Crippen LogP contribution in [0.3, 0.4) is 0 Å². The average molecular weight is 265 g/mol. The van der Waals surface area contributed by atoms with Gasteiger partial charge < -0.3 is 14.6 Å². The smallest absolute Gasteiger partial charge is 0.241 e. The molecule has 3 rings (SSSR count). The number of aromatic nitrogens is 4. The maximum atomic E-state index is 5.38. The van der Waals surface area contributed by atoms with Crippen molar-refractivity contribution in [3.05, 3.63) is 0 Å². The van der Waals surface area contributed by atoms with E-state index >= 15 is 0 Å². The molecule has 10 nitrogen and oxygen atoms in total. The predicted molar refractivity (Wildman–Crippen MR) is 70.3 cm³/mol. The summed E-state index contributed by atoms with van der Waals surface area (Å²) in [4.78, 5) is 17.9. The molecule has 0 saturated carbocycles. The van der Waals surface area contributed by atoms with Crippen molar-refractivity contribution < 1.29 is 4.74 Å². The SMILES string of the molecule is NNc1nc(N2CCOCC2)c2[nH]c(NN)nc2n1. The Morgan fingerprint density at radius 3 is 2.58 bits per heavy atom. The van der Waals surface area contributed by atoms with Gasteiger partial charge in [0.25, 0.3) is 0 Å². The van der Waals surface area contributed by atoms with E-state index in [0.29, 0.717) is 36.3 Å². The third kappa shape index (κ3) is 2.12. The Kier molecular flexibility index (Phi) is 3.03. The van der Waals surface area contributed by atoms with E-state index in [4.69, 9.17) is 16.4 Å². The van der Waals surface area contributed by atoms with Crippen LogP contribution in [0.15, 0.2) is 0 Å². The van der Waals surface area contributed by atoms with E-state index in [1.165, 1.54) is 0 Å². The molecule has 0 atom stereocenters. The number of hydrazine groups is 2. The number of fused-ring (bicyclic) bond motifs is 1. The largest absolute Gasteiger partial charge is 0.378 e. The van der Waals surface area contributed by atoms with Gasteiger partial charge in [-0.25, -0.2) is 11.7 Å². The summed E-state index contributed by atoms with van der Waals surface area (Å²) in [7, 11) is 0. The highest BCUT2D eigenvalue weighted by atomic mass is 16.5. The Bertz CT molecular complexity index is 576. The van der Waals surface area contributed by atoms with E-state index in [1.807, 2.05) is 0 Å². The molecule has 1 fully saturated rings. The number of anilines is 3. The normalized spacial score (nSPS) is 15.8. The first-order valence-electron chi connectivity index (χ1n) is 5.85. The Morgan fingerprint density at radius 2 is 1.89 bits per heavy atom. The molecule has 0 unspecified atom stereocenters. The molecule has 7 N–H and O–H groups in total. The highest BCUT2D eigenvalue weighted by Crippen LogP contribution is 2.25. The lowest BCUT2D eigenvalue weighted by molar-refractivity contribution is 0.122. The first kappa shape index (κ1) is 11.9. The second-order valence-electron chi connectivity index (χ2n) is 4.04. The van der Waals surface area contributed by atoms with Gasteiger partial charge in [0.15, 0.2) is 11.5 Å². The standard InChI is InChI=1S/C9H15N9O/c10-16-8-12-5-6(13-8)14-9(17-11)15-7(5)18-1-3-19-4-2-18/h1-4,10-11H2,(H3,12,13,14,15,16,17).